The number of nitrogens with zero attached hydrogens (tertiary/aromatic N) is 2. The summed E-state index contributed by atoms with van der Waals surface area (Å²) in [6.45, 7) is 0.904. The first-order valence-corrected chi connectivity index (χ1v) is 9.77. The standard InChI is InChI=1S/C21H24FN5O/c22-15-6-1-2-7-18(15)25-16-8-5-9-17(14(16)12-23)26-21(28)20-19-10-3-4-11-27(19)13-24-20/h1-2,6-7,12-13,17,23,25H,3-5,8-11H2,(H,26,28). The number of aryl methyl sites for hydroxylation is 1. The van der Waals surface area contributed by atoms with Gasteiger partial charge >= 0.3 is 0 Å². The number of para-hydroxylation sites is 1. The van der Waals surface area contributed by atoms with E-state index >= 15 is 0 Å². The van der Waals surface area contributed by atoms with Gasteiger partial charge in [-0.15, -0.1) is 0 Å². The minimum atomic E-state index is -0.338. The van der Waals surface area contributed by atoms with Gasteiger partial charge in [-0.05, 0) is 50.7 Å². The topological polar surface area (TPSA) is 82.8 Å². The van der Waals surface area contributed by atoms with Crippen LogP contribution >= 0.6 is 0 Å². The number of hydrogen-bond acceptors (Lipinski definition) is 4. The molecule has 1 atom stereocenters. The fourth-order valence-corrected chi connectivity index (χ4v) is 4.04. The van der Waals surface area contributed by atoms with Gasteiger partial charge in [0.2, 0.25) is 0 Å². The average Bonchev–Trinajstić information content (AvgIpc) is 3.14. The summed E-state index contributed by atoms with van der Waals surface area (Å²) in [6.07, 6.45) is 8.34. The molecule has 2 aliphatic rings. The van der Waals surface area contributed by atoms with Crippen molar-refractivity contribution in [1.29, 1.82) is 5.41 Å². The van der Waals surface area contributed by atoms with Crippen LogP contribution in [0.3, 0.4) is 0 Å². The quantitative estimate of drug-likeness (QED) is 0.691. The Bertz CT molecular complexity index is 933. The summed E-state index contributed by atoms with van der Waals surface area (Å²) in [6, 6.07) is 6.19. The number of nitrogens with one attached hydrogen (secondary N) is 3. The molecule has 2 aromatic rings. The van der Waals surface area contributed by atoms with Crippen molar-refractivity contribution >= 4 is 17.8 Å². The molecule has 6 nitrogen and oxygen atoms in total. The van der Waals surface area contributed by atoms with E-state index in [9.17, 15) is 9.18 Å². The molecule has 0 saturated carbocycles. The Morgan fingerprint density at radius 2 is 2.11 bits per heavy atom. The summed E-state index contributed by atoms with van der Waals surface area (Å²) in [4.78, 5) is 17.2. The van der Waals surface area contributed by atoms with Gasteiger partial charge in [0.25, 0.3) is 5.91 Å². The van der Waals surface area contributed by atoms with Gasteiger partial charge in [0.05, 0.1) is 23.8 Å². The molecule has 1 aliphatic carbocycles. The Hall–Kier alpha value is -2.96. The monoisotopic (exact) mass is 381 g/mol. The normalized spacial score (nSPS) is 19.1. The highest BCUT2D eigenvalue weighted by Gasteiger charge is 2.27. The number of benzene rings is 1. The van der Waals surface area contributed by atoms with Crippen LogP contribution in [0.5, 0.6) is 0 Å². The van der Waals surface area contributed by atoms with Crippen LogP contribution in [0.1, 0.15) is 48.3 Å². The zero-order valence-electron chi connectivity index (χ0n) is 15.7. The second kappa shape index (κ2) is 7.96. The molecule has 0 spiro atoms. The molecular formula is C21H24FN5O. The molecule has 1 unspecified atom stereocenters. The van der Waals surface area contributed by atoms with Crippen LogP contribution in [0.4, 0.5) is 10.1 Å². The largest absolute Gasteiger partial charge is 0.356 e. The molecule has 1 aromatic heterocycles. The molecule has 1 aromatic carbocycles. The van der Waals surface area contributed by atoms with Crippen molar-refractivity contribution in [1.82, 2.24) is 14.9 Å². The number of imidazole rings is 1. The van der Waals surface area contributed by atoms with Crippen molar-refractivity contribution in [2.75, 3.05) is 5.32 Å². The van der Waals surface area contributed by atoms with Crippen LogP contribution in [0, 0.1) is 11.2 Å². The van der Waals surface area contributed by atoms with Gasteiger partial charge in [-0.2, -0.15) is 0 Å². The molecule has 0 fully saturated rings. The van der Waals surface area contributed by atoms with Crippen LogP contribution in [-0.2, 0) is 13.0 Å². The second-order valence-electron chi connectivity index (χ2n) is 7.29. The lowest BCUT2D eigenvalue weighted by Gasteiger charge is -2.28. The van der Waals surface area contributed by atoms with E-state index in [1.54, 1.807) is 24.5 Å². The van der Waals surface area contributed by atoms with E-state index < -0.39 is 0 Å². The Balaban J connectivity index is 1.55. The summed E-state index contributed by atoms with van der Waals surface area (Å²) in [5.74, 6) is -0.540. The first kappa shape index (κ1) is 18.4. The number of anilines is 1. The number of carbonyl (C=O) groups is 1. The Kier molecular flexibility index (Phi) is 5.23. The van der Waals surface area contributed by atoms with Crippen molar-refractivity contribution in [3.8, 4) is 0 Å². The van der Waals surface area contributed by atoms with Gasteiger partial charge in [-0.1, -0.05) is 12.1 Å². The van der Waals surface area contributed by atoms with E-state index in [1.807, 2.05) is 0 Å². The van der Waals surface area contributed by atoms with E-state index in [0.29, 0.717) is 23.4 Å². The lowest BCUT2D eigenvalue weighted by atomic mass is 9.91. The summed E-state index contributed by atoms with van der Waals surface area (Å²) in [5, 5.41) is 14.0. The molecule has 2 heterocycles. The van der Waals surface area contributed by atoms with Crippen LogP contribution < -0.4 is 10.6 Å². The van der Waals surface area contributed by atoms with Gasteiger partial charge in [-0.3, -0.25) is 4.79 Å². The summed E-state index contributed by atoms with van der Waals surface area (Å²) in [7, 11) is 0. The van der Waals surface area contributed by atoms with Gasteiger partial charge in [0.1, 0.15) is 11.5 Å². The maximum absolute atomic E-state index is 14.0. The van der Waals surface area contributed by atoms with E-state index in [4.69, 9.17) is 5.41 Å². The van der Waals surface area contributed by atoms with E-state index in [2.05, 4.69) is 20.2 Å². The zero-order chi connectivity index (χ0) is 19.5. The third-order valence-electron chi connectivity index (χ3n) is 5.49. The predicted molar refractivity (Wildman–Crippen MR) is 106 cm³/mol. The molecule has 146 valence electrons. The average molecular weight is 381 g/mol. The number of allylic oxidation sites excluding steroid dienone is 1. The molecule has 1 amide bonds. The number of aromatic nitrogens is 2. The molecular weight excluding hydrogens is 357 g/mol. The summed E-state index contributed by atoms with van der Waals surface area (Å²) >= 11 is 0. The van der Waals surface area contributed by atoms with Crippen molar-refractivity contribution in [2.45, 2.75) is 51.1 Å². The van der Waals surface area contributed by atoms with Gasteiger partial charge in [0, 0.05) is 24.0 Å². The Labute approximate surface area is 163 Å². The number of hydrogen-bond donors (Lipinski definition) is 3. The van der Waals surface area contributed by atoms with Gasteiger partial charge < -0.3 is 20.6 Å². The van der Waals surface area contributed by atoms with Crippen LogP contribution in [0.2, 0.25) is 0 Å². The number of amides is 1. The molecule has 1 aliphatic heterocycles. The van der Waals surface area contributed by atoms with Crippen molar-refractivity contribution in [3.05, 3.63) is 59.1 Å². The van der Waals surface area contributed by atoms with Gasteiger partial charge in [-0.25, -0.2) is 9.37 Å². The van der Waals surface area contributed by atoms with Gasteiger partial charge in [0.15, 0.2) is 0 Å². The summed E-state index contributed by atoms with van der Waals surface area (Å²) < 4.78 is 16.1. The van der Waals surface area contributed by atoms with Crippen LogP contribution in [-0.4, -0.2) is 27.7 Å². The molecule has 0 bridgehead atoms. The lowest BCUT2D eigenvalue weighted by molar-refractivity contribution is 0.0934. The highest BCUT2D eigenvalue weighted by Crippen LogP contribution is 2.27. The highest BCUT2D eigenvalue weighted by molar-refractivity contribution is 5.95. The third-order valence-corrected chi connectivity index (χ3v) is 5.49. The van der Waals surface area contributed by atoms with Crippen molar-refractivity contribution in [2.24, 2.45) is 0 Å². The minimum Gasteiger partial charge on any atom is -0.356 e. The Morgan fingerprint density at radius 1 is 1.25 bits per heavy atom. The fourth-order valence-electron chi connectivity index (χ4n) is 4.04. The third kappa shape index (κ3) is 3.56. The van der Waals surface area contributed by atoms with Crippen molar-refractivity contribution < 1.29 is 9.18 Å². The molecule has 0 saturated heterocycles. The number of carbonyl (C=O) groups excluding carboxylic acids is 1. The summed E-state index contributed by atoms with van der Waals surface area (Å²) in [5.41, 5.74) is 3.33. The smallest absolute Gasteiger partial charge is 0.272 e. The van der Waals surface area contributed by atoms with E-state index in [0.717, 1.165) is 50.0 Å². The molecule has 0 radical (unpaired) electrons. The first-order valence-electron chi connectivity index (χ1n) is 9.77. The fraction of sp³-hybridized carbons (Fsp3) is 0.381. The highest BCUT2D eigenvalue weighted by atomic mass is 19.1. The second-order valence-corrected chi connectivity index (χ2v) is 7.29. The van der Waals surface area contributed by atoms with Crippen LogP contribution in [0.25, 0.3) is 0 Å². The predicted octanol–water partition coefficient (Wildman–Crippen LogP) is 3.66. The van der Waals surface area contributed by atoms with E-state index in [1.165, 1.54) is 12.3 Å². The van der Waals surface area contributed by atoms with Crippen molar-refractivity contribution in [3.63, 3.8) is 0 Å². The van der Waals surface area contributed by atoms with Crippen LogP contribution in [0.15, 0.2) is 41.9 Å². The number of halogens is 1. The lowest BCUT2D eigenvalue weighted by Crippen LogP contribution is -2.40. The Morgan fingerprint density at radius 3 is 2.93 bits per heavy atom. The zero-order valence-corrected chi connectivity index (χ0v) is 15.7. The molecule has 3 N–H and O–H groups in total. The molecule has 4 rings (SSSR count). The maximum Gasteiger partial charge on any atom is 0.272 e. The molecule has 28 heavy (non-hydrogen) atoms. The SMILES string of the molecule is N=CC1=C(Nc2ccccc2F)CCCC1NC(=O)c1ncn2c1CCCC2. The number of fused-ring (bicyclic) bond motifs is 1. The number of rotatable bonds is 5. The first-order chi connectivity index (χ1) is 13.7. The van der Waals surface area contributed by atoms with E-state index in [-0.39, 0.29) is 17.8 Å². The minimum absolute atomic E-state index is 0.202. The molecule has 7 heteroatoms. The maximum atomic E-state index is 14.0.